The number of aryl methyl sites for hydroxylation is 1. The number of nitrogens with one attached hydrogen (secondary N) is 1. The number of hydrogen-bond acceptors (Lipinski definition) is 2. The van der Waals surface area contributed by atoms with E-state index in [9.17, 15) is 0 Å². The van der Waals surface area contributed by atoms with Crippen LogP contribution in [0.25, 0.3) is 0 Å². The van der Waals surface area contributed by atoms with Gasteiger partial charge in [0.15, 0.2) is 0 Å². The first-order valence-corrected chi connectivity index (χ1v) is 6.70. The average Bonchev–Trinajstić information content (AvgIpc) is 2.35. The lowest BCUT2D eigenvalue weighted by molar-refractivity contribution is 0.687. The van der Waals surface area contributed by atoms with Gasteiger partial charge in [-0.05, 0) is 54.9 Å². The Kier molecular flexibility index (Phi) is 4.04. The molecule has 0 aromatic heterocycles. The molecule has 0 amide bonds. The Hall–Kier alpha value is -1.32. The van der Waals surface area contributed by atoms with Gasteiger partial charge in [0.25, 0.3) is 0 Å². The van der Waals surface area contributed by atoms with E-state index in [1.807, 2.05) is 25.2 Å². The Morgan fingerprint density at radius 1 is 1.17 bits per heavy atom. The first kappa shape index (κ1) is 13.1. The number of rotatable bonds is 3. The molecule has 3 heteroatoms. The monoisotopic (exact) mass is 304 g/mol. The van der Waals surface area contributed by atoms with E-state index in [0.29, 0.717) is 0 Å². The summed E-state index contributed by atoms with van der Waals surface area (Å²) in [6, 6.07) is 14.5. The van der Waals surface area contributed by atoms with E-state index in [0.717, 1.165) is 10.2 Å². The second kappa shape index (κ2) is 5.55. The van der Waals surface area contributed by atoms with E-state index in [1.54, 1.807) is 0 Å². The Balaban J connectivity index is 2.48. The fraction of sp³-hybridized carbons (Fsp3) is 0.200. The molecule has 0 aliphatic carbocycles. The van der Waals surface area contributed by atoms with Gasteiger partial charge in [0.2, 0.25) is 0 Å². The molecule has 18 heavy (non-hydrogen) atoms. The zero-order valence-electron chi connectivity index (χ0n) is 10.6. The molecule has 0 heterocycles. The van der Waals surface area contributed by atoms with Gasteiger partial charge in [0, 0.05) is 10.2 Å². The molecular weight excluding hydrogens is 288 g/mol. The van der Waals surface area contributed by atoms with Gasteiger partial charge >= 0.3 is 0 Å². The molecule has 0 aliphatic rings. The fourth-order valence-electron chi connectivity index (χ4n) is 2.16. The molecule has 0 radical (unpaired) electrons. The smallest absolute Gasteiger partial charge is 0.0578 e. The summed E-state index contributed by atoms with van der Waals surface area (Å²) in [5.74, 6) is 0. The van der Waals surface area contributed by atoms with Gasteiger partial charge in [-0.2, -0.15) is 0 Å². The van der Waals surface area contributed by atoms with Gasteiger partial charge < -0.3 is 11.1 Å². The number of hydrogen-bond donors (Lipinski definition) is 2. The van der Waals surface area contributed by atoms with Gasteiger partial charge in [-0.25, -0.2) is 0 Å². The molecule has 2 aromatic carbocycles. The van der Waals surface area contributed by atoms with Gasteiger partial charge in [-0.15, -0.1) is 0 Å². The predicted octanol–water partition coefficient (Wildman–Crippen LogP) is 3.65. The first-order chi connectivity index (χ1) is 8.61. The maximum Gasteiger partial charge on any atom is 0.0578 e. The summed E-state index contributed by atoms with van der Waals surface area (Å²) in [6.45, 7) is 2.12. The minimum Gasteiger partial charge on any atom is -0.399 e. The van der Waals surface area contributed by atoms with Crippen LogP contribution >= 0.6 is 15.9 Å². The van der Waals surface area contributed by atoms with Crippen LogP contribution in [-0.2, 0) is 0 Å². The summed E-state index contributed by atoms with van der Waals surface area (Å²) < 4.78 is 1.09. The third-order valence-electron chi connectivity index (χ3n) is 3.08. The standard InChI is InChI=1S/C15H17BrN2/c1-10-6-7-12(16)9-14(10)15(18-2)11-4-3-5-13(17)8-11/h3-9,15,18H,17H2,1-2H3. The van der Waals surface area contributed by atoms with Crippen LogP contribution in [-0.4, -0.2) is 7.05 Å². The number of halogens is 1. The molecule has 1 unspecified atom stereocenters. The van der Waals surface area contributed by atoms with Gasteiger partial charge in [0.05, 0.1) is 6.04 Å². The minimum absolute atomic E-state index is 0.158. The van der Waals surface area contributed by atoms with Crippen LogP contribution in [0.3, 0.4) is 0 Å². The summed E-state index contributed by atoms with van der Waals surface area (Å²) >= 11 is 3.53. The van der Waals surface area contributed by atoms with E-state index < -0.39 is 0 Å². The van der Waals surface area contributed by atoms with Crippen molar-refractivity contribution < 1.29 is 0 Å². The molecule has 0 bridgehead atoms. The zero-order chi connectivity index (χ0) is 13.1. The first-order valence-electron chi connectivity index (χ1n) is 5.90. The maximum atomic E-state index is 5.86. The Labute approximate surface area is 116 Å². The van der Waals surface area contributed by atoms with Crippen molar-refractivity contribution in [2.24, 2.45) is 0 Å². The van der Waals surface area contributed by atoms with Crippen molar-refractivity contribution in [3.63, 3.8) is 0 Å². The highest BCUT2D eigenvalue weighted by atomic mass is 79.9. The SMILES string of the molecule is CNC(c1cccc(N)c1)c1cc(Br)ccc1C. The molecular formula is C15H17BrN2. The summed E-state index contributed by atoms with van der Waals surface area (Å²) in [7, 11) is 1.97. The summed E-state index contributed by atoms with van der Waals surface area (Å²) in [5.41, 5.74) is 10.4. The normalized spacial score (nSPS) is 12.4. The molecule has 0 spiro atoms. The van der Waals surface area contributed by atoms with E-state index >= 15 is 0 Å². The largest absolute Gasteiger partial charge is 0.399 e. The molecule has 2 aromatic rings. The van der Waals surface area contributed by atoms with Crippen molar-refractivity contribution in [1.82, 2.24) is 5.32 Å². The predicted molar refractivity (Wildman–Crippen MR) is 80.6 cm³/mol. The Bertz CT molecular complexity index is 552. The highest BCUT2D eigenvalue weighted by Crippen LogP contribution is 2.28. The van der Waals surface area contributed by atoms with Crippen molar-refractivity contribution >= 4 is 21.6 Å². The lowest BCUT2D eigenvalue weighted by atomic mass is 9.95. The molecule has 0 aliphatic heterocycles. The van der Waals surface area contributed by atoms with Crippen molar-refractivity contribution in [2.45, 2.75) is 13.0 Å². The quantitative estimate of drug-likeness (QED) is 0.850. The number of nitrogens with two attached hydrogens (primary N) is 1. The molecule has 0 fully saturated rings. The van der Waals surface area contributed by atoms with E-state index in [2.05, 4.69) is 52.4 Å². The zero-order valence-corrected chi connectivity index (χ0v) is 12.2. The molecule has 2 nitrogen and oxygen atoms in total. The highest BCUT2D eigenvalue weighted by molar-refractivity contribution is 9.10. The fourth-order valence-corrected chi connectivity index (χ4v) is 2.54. The highest BCUT2D eigenvalue weighted by Gasteiger charge is 2.14. The van der Waals surface area contributed by atoms with Crippen LogP contribution in [0.15, 0.2) is 46.9 Å². The lowest BCUT2D eigenvalue weighted by Crippen LogP contribution is -2.18. The third kappa shape index (κ3) is 2.74. The molecule has 94 valence electrons. The van der Waals surface area contributed by atoms with Crippen molar-refractivity contribution in [2.75, 3.05) is 12.8 Å². The third-order valence-corrected chi connectivity index (χ3v) is 3.58. The van der Waals surface area contributed by atoms with Crippen molar-refractivity contribution in [3.8, 4) is 0 Å². The van der Waals surface area contributed by atoms with Crippen LogP contribution in [0.5, 0.6) is 0 Å². The van der Waals surface area contributed by atoms with E-state index in [-0.39, 0.29) is 6.04 Å². The lowest BCUT2D eigenvalue weighted by Gasteiger charge is -2.20. The molecule has 2 rings (SSSR count). The van der Waals surface area contributed by atoms with Gasteiger partial charge in [0.1, 0.15) is 0 Å². The van der Waals surface area contributed by atoms with Crippen molar-refractivity contribution in [3.05, 3.63) is 63.6 Å². The Morgan fingerprint density at radius 2 is 1.94 bits per heavy atom. The van der Waals surface area contributed by atoms with Crippen LogP contribution in [0.2, 0.25) is 0 Å². The average molecular weight is 305 g/mol. The molecule has 1 atom stereocenters. The number of nitrogen functional groups attached to an aromatic ring is 1. The van der Waals surface area contributed by atoms with E-state index in [4.69, 9.17) is 5.73 Å². The maximum absolute atomic E-state index is 5.86. The molecule has 0 saturated carbocycles. The second-order valence-electron chi connectivity index (χ2n) is 4.39. The Morgan fingerprint density at radius 3 is 2.61 bits per heavy atom. The molecule has 3 N–H and O–H groups in total. The van der Waals surface area contributed by atoms with Crippen LogP contribution in [0, 0.1) is 6.92 Å². The summed E-state index contributed by atoms with van der Waals surface area (Å²) in [4.78, 5) is 0. The van der Waals surface area contributed by atoms with E-state index in [1.165, 1.54) is 16.7 Å². The topological polar surface area (TPSA) is 38.0 Å². The second-order valence-corrected chi connectivity index (χ2v) is 5.31. The minimum atomic E-state index is 0.158. The summed E-state index contributed by atoms with van der Waals surface area (Å²) in [5, 5.41) is 3.35. The number of benzene rings is 2. The van der Waals surface area contributed by atoms with Crippen LogP contribution in [0.1, 0.15) is 22.7 Å². The van der Waals surface area contributed by atoms with Gasteiger partial charge in [-0.3, -0.25) is 0 Å². The molecule has 0 saturated heterocycles. The van der Waals surface area contributed by atoms with Crippen LogP contribution in [0.4, 0.5) is 5.69 Å². The number of anilines is 1. The van der Waals surface area contributed by atoms with Crippen LogP contribution < -0.4 is 11.1 Å². The van der Waals surface area contributed by atoms with Gasteiger partial charge in [-0.1, -0.05) is 34.1 Å². The summed E-state index contributed by atoms with van der Waals surface area (Å²) in [6.07, 6.45) is 0. The van der Waals surface area contributed by atoms with Crippen molar-refractivity contribution in [1.29, 1.82) is 0 Å².